The molecule has 4 nitrogen and oxygen atoms in total. The summed E-state index contributed by atoms with van der Waals surface area (Å²) in [6, 6.07) is 9.29. The van der Waals surface area contributed by atoms with Gasteiger partial charge in [-0.3, -0.25) is 0 Å². The molecule has 0 aliphatic rings. The number of halogens is 1. The number of anilines is 1. The highest BCUT2D eigenvalue weighted by atomic mass is 35.5. The summed E-state index contributed by atoms with van der Waals surface area (Å²) in [4.78, 5) is 8.41. The van der Waals surface area contributed by atoms with Crippen molar-refractivity contribution in [2.45, 2.75) is 13.5 Å². The predicted molar refractivity (Wildman–Crippen MR) is 72.1 cm³/mol. The molecule has 18 heavy (non-hydrogen) atoms. The summed E-state index contributed by atoms with van der Waals surface area (Å²) >= 11 is 5.82. The van der Waals surface area contributed by atoms with Gasteiger partial charge < -0.3 is 10.1 Å². The lowest BCUT2D eigenvalue weighted by atomic mass is 10.2. The number of hydrogen-bond acceptors (Lipinski definition) is 4. The second kappa shape index (κ2) is 5.69. The van der Waals surface area contributed by atoms with E-state index in [1.807, 2.05) is 38.2 Å². The Hall–Kier alpha value is -1.81. The third-order valence-electron chi connectivity index (χ3n) is 2.37. The monoisotopic (exact) mass is 263 g/mol. The van der Waals surface area contributed by atoms with E-state index in [9.17, 15) is 0 Å². The minimum Gasteiger partial charge on any atom is -0.473 e. The molecule has 0 unspecified atom stereocenters. The van der Waals surface area contributed by atoms with Crippen molar-refractivity contribution in [3.05, 3.63) is 46.7 Å². The topological polar surface area (TPSA) is 47.0 Å². The van der Waals surface area contributed by atoms with Gasteiger partial charge in [-0.05, 0) is 24.6 Å². The van der Waals surface area contributed by atoms with E-state index in [4.69, 9.17) is 16.3 Å². The first-order valence-electron chi connectivity index (χ1n) is 5.58. The Labute approximate surface area is 111 Å². The zero-order chi connectivity index (χ0) is 13.0. The van der Waals surface area contributed by atoms with Crippen LogP contribution in [0.2, 0.25) is 5.02 Å². The molecular formula is C13H14ClN3O. The van der Waals surface area contributed by atoms with Crippen LogP contribution in [0.15, 0.2) is 30.3 Å². The van der Waals surface area contributed by atoms with Gasteiger partial charge in [-0.2, -0.15) is 4.98 Å². The van der Waals surface area contributed by atoms with Crippen molar-refractivity contribution in [2.24, 2.45) is 0 Å². The van der Waals surface area contributed by atoms with Gasteiger partial charge in [0.15, 0.2) is 0 Å². The van der Waals surface area contributed by atoms with Crippen molar-refractivity contribution in [1.82, 2.24) is 9.97 Å². The molecule has 5 heteroatoms. The number of nitrogens with zero attached hydrogens (tertiary/aromatic N) is 2. The van der Waals surface area contributed by atoms with E-state index in [-0.39, 0.29) is 0 Å². The molecule has 1 heterocycles. The lowest BCUT2D eigenvalue weighted by Crippen LogP contribution is -2.02. The van der Waals surface area contributed by atoms with E-state index in [2.05, 4.69) is 15.3 Å². The van der Waals surface area contributed by atoms with Gasteiger partial charge >= 0.3 is 0 Å². The van der Waals surface area contributed by atoms with Crippen molar-refractivity contribution in [1.29, 1.82) is 0 Å². The highest BCUT2D eigenvalue weighted by Crippen LogP contribution is 2.15. The van der Waals surface area contributed by atoms with Crippen LogP contribution in [-0.2, 0) is 6.61 Å². The third-order valence-corrected chi connectivity index (χ3v) is 2.62. The Kier molecular flexibility index (Phi) is 3.99. The Morgan fingerprint density at radius 3 is 2.61 bits per heavy atom. The molecule has 0 bridgehead atoms. The van der Waals surface area contributed by atoms with Gasteiger partial charge in [-0.25, -0.2) is 4.98 Å². The van der Waals surface area contributed by atoms with Crippen LogP contribution in [0.25, 0.3) is 0 Å². The molecule has 0 amide bonds. The summed E-state index contributed by atoms with van der Waals surface area (Å²) in [6.07, 6.45) is 0. The van der Waals surface area contributed by atoms with E-state index in [0.717, 1.165) is 11.4 Å². The minimum atomic E-state index is 0.455. The summed E-state index contributed by atoms with van der Waals surface area (Å²) in [7, 11) is 1.81. The smallest absolute Gasteiger partial charge is 0.219 e. The van der Waals surface area contributed by atoms with Crippen molar-refractivity contribution < 1.29 is 4.74 Å². The Balaban J connectivity index is 2.05. The molecule has 0 fully saturated rings. The van der Waals surface area contributed by atoms with Gasteiger partial charge in [-0.15, -0.1) is 0 Å². The number of aryl methyl sites for hydroxylation is 1. The summed E-state index contributed by atoms with van der Waals surface area (Å²) in [5.74, 6) is 1.98. The number of hydrogen-bond donors (Lipinski definition) is 1. The average Bonchev–Trinajstić information content (AvgIpc) is 2.37. The summed E-state index contributed by atoms with van der Waals surface area (Å²) in [6.45, 7) is 2.28. The molecule has 2 rings (SSSR count). The molecule has 0 saturated heterocycles. The fourth-order valence-electron chi connectivity index (χ4n) is 1.48. The molecular weight excluding hydrogens is 250 g/mol. The van der Waals surface area contributed by atoms with Gasteiger partial charge in [0.2, 0.25) is 5.88 Å². The Bertz CT molecular complexity index is 528. The number of ether oxygens (including phenoxy) is 1. The molecule has 1 aromatic carbocycles. The highest BCUT2D eigenvalue weighted by molar-refractivity contribution is 6.30. The van der Waals surface area contributed by atoms with E-state index in [0.29, 0.717) is 23.3 Å². The van der Waals surface area contributed by atoms with Gasteiger partial charge in [0.05, 0.1) is 0 Å². The minimum absolute atomic E-state index is 0.455. The van der Waals surface area contributed by atoms with Gasteiger partial charge in [0.25, 0.3) is 0 Å². The predicted octanol–water partition coefficient (Wildman–Crippen LogP) is 3.06. The first kappa shape index (κ1) is 12.6. The zero-order valence-electron chi connectivity index (χ0n) is 10.3. The van der Waals surface area contributed by atoms with Crippen LogP contribution in [-0.4, -0.2) is 17.0 Å². The molecule has 0 saturated carbocycles. The first-order chi connectivity index (χ1) is 8.67. The SMILES string of the molecule is CNc1cc(OCc2ccc(Cl)cc2)nc(C)n1. The van der Waals surface area contributed by atoms with Crippen molar-refractivity contribution in [3.63, 3.8) is 0 Å². The van der Waals surface area contributed by atoms with Gasteiger partial charge in [0, 0.05) is 18.1 Å². The first-order valence-corrected chi connectivity index (χ1v) is 5.96. The molecule has 1 aromatic heterocycles. The molecule has 0 spiro atoms. The van der Waals surface area contributed by atoms with Crippen LogP contribution in [0.3, 0.4) is 0 Å². The highest BCUT2D eigenvalue weighted by Gasteiger charge is 2.02. The quantitative estimate of drug-likeness (QED) is 0.921. The van der Waals surface area contributed by atoms with Crippen LogP contribution < -0.4 is 10.1 Å². The van der Waals surface area contributed by atoms with E-state index in [1.54, 1.807) is 6.07 Å². The van der Waals surface area contributed by atoms with Crippen LogP contribution in [0.1, 0.15) is 11.4 Å². The number of benzene rings is 1. The Morgan fingerprint density at radius 1 is 1.22 bits per heavy atom. The van der Waals surface area contributed by atoms with E-state index < -0.39 is 0 Å². The largest absolute Gasteiger partial charge is 0.473 e. The van der Waals surface area contributed by atoms with E-state index >= 15 is 0 Å². The van der Waals surface area contributed by atoms with Gasteiger partial charge in [0.1, 0.15) is 18.2 Å². The lowest BCUT2D eigenvalue weighted by Gasteiger charge is -2.08. The van der Waals surface area contributed by atoms with Crippen molar-refractivity contribution in [3.8, 4) is 5.88 Å². The maximum Gasteiger partial charge on any atom is 0.219 e. The molecule has 2 aromatic rings. The van der Waals surface area contributed by atoms with Crippen molar-refractivity contribution >= 4 is 17.4 Å². The summed E-state index contributed by atoms with van der Waals surface area (Å²) < 4.78 is 5.62. The lowest BCUT2D eigenvalue weighted by molar-refractivity contribution is 0.293. The van der Waals surface area contributed by atoms with E-state index in [1.165, 1.54) is 0 Å². The number of aromatic nitrogens is 2. The summed E-state index contributed by atoms with van der Waals surface area (Å²) in [5.41, 5.74) is 1.04. The standard InChI is InChI=1S/C13H14ClN3O/c1-9-16-12(15-2)7-13(17-9)18-8-10-3-5-11(14)6-4-10/h3-7H,8H2,1-2H3,(H,15,16,17). The molecule has 1 N–H and O–H groups in total. The molecule has 0 aliphatic carbocycles. The third kappa shape index (κ3) is 3.34. The molecule has 0 aliphatic heterocycles. The zero-order valence-corrected chi connectivity index (χ0v) is 11.0. The van der Waals surface area contributed by atoms with Crippen LogP contribution in [0.5, 0.6) is 5.88 Å². The number of nitrogens with one attached hydrogen (secondary N) is 1. The van der Waals surface area contributed by atoms with Crippen LogP contribution in [0, 0.1) is 6.92 Å². The average molecular weight is 264 g/mol. The van der Waals surface area contributed by atoms with Crippen LogP contribution in [0.4, 0.5) is 5.82 Å². The van der Waals surface area contributed by atoms with Gasteiger partial charge in [-0.1, -0.05) is 23.7 Å². The summed E-state index contributed by atoms with van der Waals surface area (Å²) in [5, 5.41) is 3.68. The van der Waals surface area contributed by atoms with Crippen LogP contribution >= 0.6 is 11.6 Å². The molecule has 94 valence electrons. The maximum atomic E-state index is 5.82. The molecule has 0 radical (unpaired) electrons. The second-order valence-electron chi connectivity index (χ2n) is 3.80. The maximum absolute atomic E-state index is 5.82. The fraction of sp³-hybridized carbons (Fsp3) is 0.231. The molecule has 0 atom stereocenters. The fourth-order valence-corrected chi connectivity index (χ4v) is 1.61. The van der Waals surface area contributed by atoms with Crippen molar-refractivity contribution in [2.75, 3.05) is 12.4 Å². The normalized spacial score (nSPS) is 10.2. The number of rotatable bonds is 4. The second-order valence-corrected chi connectivity index (χ2v) is 4.24. The Morgan fingerprint density at radius 2 is 1.94 bits per heavy atom.